The molecule has 0 saturated carbocycles. The van der Waals surface area contributed by atoms with Gasteiger partial charge in [-0.3, -0.25) is 20.1 Å². The van der Waals surface area contributed by atoms with Crippen LogP contribution in [0.4, 0.5) is 5.69 Å². The molecule has 0 unspecified atom stereocenters. The zero-order chi connectivity index (χ0) is 19.2. The van der Waals surface area contributed by atoms with Crippen LogP contribution in [0.2, 0.25) is 0 Å². The second kappa shape index (κ2) is 10.9. The fourth-order valence-corrected chi connectivity index (χ4v) is 4.48. The molecule has 0 aliphatic carbocycles. The number of rotatable bonds is 9. The van der Waals surface area contributed by atoms with Crippen LogP contribution in [0.5, 0.6) is 0 Å². The molecule has 1 aromatic heterocycles. The van der Waals surface area contributed by atoms with Crippen LogP contribution in [-0.2, 0) is 21.4 Å². The molecule has 1 amide bonds. The first-order valence-electron chi connectivity index (χ1n) is 7.54. The summed E-state index contributed by atoms with van der Waals surface area (Å²) < 4.78 is 27.0. The fourth-order valence-electron chi connectivity index (χ4n) is 2.22. The number of nitrogens with zero attached hydrogens (tertiary/aromatic N) is 2. The van der Waals surface area contributed by atoms with Gasteiger partial charge in [-0.2, -0.15) is 4.31 Å². The van der Waals surface area contributed by atoms with Crippen molar-refractivity contribution in [2.45, 2.75) is 24.3 Å². The Labute approximate surface area is 182 Å². The Morgan fingerprint density at radius 1 is 1.26 bits per heavy atom. The van der Waals surface area contributed by atoms with Crippen molar-refractivity contribution in [2.75, 3.05) is 6.54 Å². The third kappa shape index (κ3) is 6.64. The minimum atomic E-state index is -3.90. The van der Waals surface area contributed by atoms with Crippen LogP contribution in [0.15, 0.2) is 46.7 Å². The number of nitrogens with one attached hydrogen (secondary N) is 1. The maximum absolute atomic E-state index is 12.9. The summed E-state index contributed by atoms with van der Waals surface area (Å²) in [5, 5.41) is 21.1. The molecule has 1 heterocycles. The Morgan fingerprint density at radius 3 is 2.44 bits per heavy atom. The standard InChI is InChI=1S/C15H17N3O6S2.Na/c19-15(16-20)4-1-9-17(11-13-3-2-10-25-13)26(23,24)14-7-5-12(6-8-14)18(21)22;/h2-3,5-8,10,20H,1,4,9,11H2,(H,16,19);/q;+1. The quantitative estimate of drug-likeness (QED) is 0.234. The predicted molar refractivity (Wildman–Crippen MR) is 94.2 cm³/mol. The predicted octanol–water partition coefficient (Wildman–Crippen LogP) is -0.863. The fraction of sp³-hybridized carbons (Fsp3) is 0.267. The second-order valence-electron chi connectivity index (χ2n) is 5.31. The van der Waals surface area contributed by atoms with E-state index in [9.17, 15) is 23.3 Å². The zero-order valence-corrected chi connectivity index (χ0v) is 18.2. The molecule has 0 saturated heterocycles. The summed E-state index contributed by atoms with van der Waals surface area (Å²) in [7, 11) is -3.90. The first-order valence-corrected chi connectivity index (χ1v) is 9.86. The largest absolute Gasteiger partial charge is 1.00 e. The molecule has 140 valence electrons. The van der Waals surface area contributed by atoms with Gasteiger partial charge in [0, 0.05) is 36.5 Å². The molecular weight excluding hydrogens is 405 g/mol. The summed E-state index contributed by atoms with van der Waals surface area (Å²) in [6, 6.07) is 8.24. The van der Waals surface area contributed by atoms with E-state index in [2.05, 4.69) is 0 Å². The number of hydroxylamine groups is 1. The van der Waals surface area contributed by atoms with E-state index >= 15 is 0 Å². The average Bonchev–Trinajstić information content (AvgIpc) is 3.13. The van der Waals surface area contributed by atoms with Crippen LogP contribution in [0.25, 0.3) is 0 Å². The Hall–Kier alpha value is -1.34. The number of amides is 1. The number of thiophene rings is 1. The van der Waals surface area contributed by atoms with Crippen molar-refractivity contribution in [3.8, 4) is 0 Å². The van der Waals surface area contributed by atoms with Crippen molar-refractivity contribution in [2.24, 2.45) is 0 Å². The molecule has 0 aliphatic rings. The summed E-state index contributed by atoms with van der Waals surface area (Å²) in [4.78, 5) is 22.0. The Kier molecular flexibility index (Phi) is 9.53. The van der Waals surface area contributed by atoms with Crippen molar-refractivity contribution < 1.29 is 52.9 Å². The van der Waals surface area contributed by atoms with Gasteiger partial charge < -0.3 is 0 Å². The van der Waals surface area contributed by atoms with Crippen LogP contribution in [-0.4, -0.2) is 35.3 Å². The smallest absolute Gasteiger partial charge is 0.289 e. The van der Waals surface area contributed by atoms with E-state index in [0.29, 0.717) is 0 Å². The van der Waals surface area contributed by atoms with E-state index in [1.807, 2.05) is 5.38 Å². The summed E-state index contributed by atoms with van der Waals surface area (Å²) in [6.07, 6.45) is 0.178. The van der Waals surface area contributed by atoms with Gasteiger partial charge in [0.25, 0.3) is 5.69 Å². The maximum Gasteiger partial charge on any atom is 1.00 e. The number of benzene rings is 1. The summed E-state index contributed by atoms with van der Waals surface area (Å²) in [5.74, 6) is -0.603. The summed E-state index contributed by atoms with van der Waals surface area (Å²) in [6.45, 7) is 0.183. The molecule has 1 aromatic carbocycles. The van der Waals surface area contributed by atoms with E-state index in [4.69, 9.17) is 5.21 Å². The van der Waals surface area contributed by atoms with Crippen molar-refractivity contribution in [3.05, 3.63) is 56.8 Å². The molecule has 0 spiro atoms. The second-order valence-corrected chi connectivity index (χ2v) is 8.28. The number of carbonyl (C=O) groups excluding carboxylic acids is 1. The minimum absolute atomic E-state index is 0. The molecular formula is C15H17N3NaO6S2+. The van der Waals surface area contributed by atoms with E-state index in [0.717, 1.165) is 17.0 Å². The SMILES string of the molecule is O=C(CCCN(Cc1cccs1)S(=O)(=O)c1ccc([N+](=O)[O-])cc1)NO.[Na+]. The van der Waals surface area contributed by atoms with Crippen molar-refractivity contribution in [3.63, 3.8) is 0 Å². The topological polar surface area (TPSA) is 130 Å². The number of hydrogen-bond donors (Lipinski definition) is 2. The molecule has 12 heteroatoms. The normalized spacial score (nSPS) is 11.0. The molecule has 27 heavy (non-hydrogen) atoms. The molecule has 9 nitrogen and oxygen atoms in total. The number of non-ortho nitro benzene ring substituents is 1. The van der Waals surface area contributed by atoms with Gasteiger partial charge in [-0.15, -0.1) is 11.3 Å². The zero-order valence-electron chi connectivity index (χ0n) is 14.6. The molecule has 2 N–H and O–H groups in total. The van der Waals surface area contributed by atoms with Crippen molar-refractivity contribution in [1.29, 1.82) is 0 Å². The number of nitro groups is 1. The van der Waals surface area contributed by atoms with Gasteiger partial charge in [-0.1, -0.05) is 6.07 Å². The van der Waals surface area contributed by atoms with Gasteiger partial charge in [0.2, 0.25) is 15.9 Å². The molecule has 0 bridgehead atoms. The third-order valence-corrected chi connectivity index (χ3v) is 6.25. The van der Waals surface area contributed by atoms with E-state index in [1.54, 1.807) is 12.1 Å². The Bertz CT molecular complexity index is 856. The van der Waals surface area contributed by atoms with E-state index in [-0.39, 0.29) is 66.1 Å². The third-order valence-electron chi connectivity index (χ3n) is 3.53. The summed E-state index contributed by atoms with van der Waals surface area (Å²) >= 11 is 1.40. The van der Waals surface area contributed by atoms with Crippen LogP contribution >= 0.6 is 11.3 Å². The molecule has 0 fully saturated rings. The minimum Gasteiger partial charge on any atom is -0.289 e. The van der Waals surface area contributed by atoms with Crippen molar-refractivity contribution >= 4 is 33.0 Å². The van der Waals surface area contributed by atoms with Gasteiger partial charge >= 0.3 is 29.6 Å². The molecule has 0 aliphatic heterocycles. The van der Waals surface area contributed by atoms with E-state index in [1.165, 1.54) is 33.3 Å². The summed E-state index contributed by atoms with van der Waals surface area (Å²) in [5.41, 5.74) is 1.30. The molecule has 2 rings (SSSR count). The van der Waals surface area contributed by atoms with E-state index < -0.39 is 20.9 Å². The Morgan fingerprint density at radius 2 is 1.93 bits per heavy atom. The Balaban J connectivity index is 0.00000364. The monoisotopic (exact) mass is 422 g/mol. The first-order chi connectivity index (χ1) is 12.3. The molecule has 0 atom stereocenters. The average molecular weight is 422 g/mol. The van der Waals surface area contributed by atoms with Crippen LogP contribution in [0.3, 0.4) is 0 Å². The van der Waals surface area contributed by atoms with Gasteiger partial charge in [0.05, 0.1) is 9.82 Å². The van der Waals surface area contributed by atoms with Gasteiger partial charge in [0.1, 0.15) is 0 Å². The van der Waals surface area contributed by atoms with Crippen LogP contribution < -0.4 is 35.0 Å². The number of nitro benzene ring substituents is 1. The van der Waals surface area contributed by atoms with Crippen molar-refractivity contribution in [1.82, 2.24) is 9.79 Å². The van der Waals surface area contributed by atoms with Crippen LogP contribution in [0, 0.1) is 10.1 Å². The maximum atomic E-state index is 12.9. The van der Waals surface area contributed by atoms with Gasteiger partial charge in [-0.05, 0) is 30.0 Å². The number of hydrogen-bond acceptors (Lipinski definition) is 7. The van der Waals surface area contributed by atoms with Gasteiger partial charge in [-0.25, -0.2) is 13.9 Å². The van der Waals surface area contributed by atoms with Crippen LogP contribution in [0.1, 0.15) is 17.7 Å². The number of carbonyl (C=O) groups is 1. The molecule has 0 radical (unpaired) electrons. The molecule has 2 aromatic rings. The number of sulfonamides is 1. The first kappa shape index (κ1) is 23.7. The van der Waals surface area contributed by atoms with Gasteiger partial charge in [0.15, 0.2) is 0 Å².